The van der Waals surface area contributed by atoms with Crippen LogP contribution in [0.25, 0.3) is 6.08 Å². The highest BCUT2D eigenvalue weighted by atomic mass is 35.5. The van der Waals surface area contributed by atoms with Crippen molar-refractivity contribution in [2.24, 2.45) is 0 Å². The monoisotopic (exact) mass is 337 g/mol. The zero-order valence-electron chi connectivity index (χ0n) is 10.1. The highest BCUT2D eigenvalue weighted by Crippen LogP contribution is 2.38. The second-order valence-electron chi connectivity index (χ2n) is 3.98. The Morgan fingerprint density at radius 1 is 1.20 bits per heavy atom. The summed E-state index contributed by atoms with van der Waals surface area (Å²) in [5.41, 5.74) is 0.631. The topological polar surface area (TPSA) is 20.3 Å². The Bertz CT molecular complexity index is 709. The first kappa shape index (κ1) is 13.8. The fraction of sp³-hybridized carbons (Fsp3) is 0. The molecular weight excluding hydrogens is 330 g/mol. The van der Waals surface area contributed by atoms with Crippen LogP contribution in [-0.2, 0) is 4.79 Å². The lowest BCUT2D eigenvalue weighted by molar-refractivity contribution is -0.113. The molecule has 1 aliphatic heterocycles. The lowest BCUT2D eigenvalue weighted by Gasteiger charge is -2.15. The number of benzene rings is 1. The van der Waals surface area contributed by atoms with Gasteiger partial charge in [-0.05, 0) is 29.7 Å². The Hall–Kier alpha value is -1.14. The van der Waals surface area contributed by atoms with Crippen molar-refractivity contribution in [1.29, 1.82) is 0 Å². The molecule has 2 nitrogen and oxygen atoms in total. The van der Waals surface area contributed by atoms with Crippen LogP contribution in [0.5, 0.6) is 0 Å². The normalized spacial score (nSPS) is 17.2. The molecule has 0 radical (unpaired) electrons. The molecule has 1 fully saturated rings. The first-order valence-electron chi connectivity index (χ1n) is 5.73. The van der Waals surface area contributed by atoms with Crippen molar-refractivity contribution >= 4 is 68.9 Å². The summed E-state index contributed by atoms with van der Waals surface area (Å²) in [6.45, 7) is 0. The number of anilines is 1. The van der Waals surface area contributed by atoms with Crippen molar-refractivity contribution in [3.05, 3.63) is 56.6 Å². The molecule has 1 aromatic heterocycles. The van der Waals surface area contributed by atoms with Gasteiger partial charge in [0, 0.05) is 4.88 Å². The van der Waals surface area contributed by atoms with Crippen LogP contribution in [0.2, 0.25) is 5.02 Å². The quantitative estimate of drug-likeness (QED) is 0.579. The summed E-state index contributed by atoms with van der Waals surface area (Å²) in [6, 6.07) is 11.1. The van der Waals surface area contributed by atoms with E-state index in [2.05, 4.69) is 0 Å². The van der Waals surface area contributed by atoms with Gasteiger partial charge in [0.15, 0.2) is 4.32 Å². The molecule has 2 heterocycles. The standard InChI is InChI=1S/C14H8ClNOS3/c15-10-5-1-2-6-11(10)16-13(17)12(20-14(16)18)8-9-4-3-7-19-9/h1-8H/b12-8+. The molecule has 0 aliphatic carbocycles. The van der Waals surface area contributed by atoms with Gasteiger partial charge in [-0.25, -0.2) is 0 Å². The van der Waals surface area contributed by atoms with Gasteiger partial charge in [-0.15, -0.1) is 11.3 Å². The molecule has 100 valence electrons. The third-order valence-electron chi connectivity index (χ3n) is 2.70. The summed E-state index contributed by atoms with van der Waals surface area (Å²) in [5, 5.41) is 2.49. The van der Waals surface area contributed by atoms with E-state index >= 15 is 0 Å². The van der Waals surface area contributed by atoms with Gasteiger partial charge in [0.1, 0.15) is 0 Å². The number of thioether (sulfide) groups is 1. The summed E-state index contributed by atoms with van der Waals surface area (Å²) in [4.78, 5) is 15.6. The number of rotatable bonds is 2. The number of halogens is 1. The van der Waals surface area contributed by atoms with Gasteiger partial charge in [-0.3, -0.25) is 9.69 Å². The summed E-state index contributed by atoms with van der Waals surface area (Å²) in [5.74, 6) is -0.124. The first-order chi connectivity index (χ1) is 9.66. The number of hydrogen-bond donors (Lipinski definition) is 0. The Morgan fingerprint density at radius 2 is 2.00 bits per heavy atom. The first-order valence-corrected chi connectivity index (χ1v) is 8.21. The van der Waals surface area contributed by atoms with Crippen LogP contribution < -0.4 is 4.90 Å². The minimum absolute atomic E-state index is 0.124. The molecule has 0 saturated carbocycles. The molecule has 0 bridgehead atoms. The van der Waals surface area contributed by atoms with Crippen LogP contribution in [0.15, 0.2) is 46.7 Å². The van der Waals surface area contributed by atoms with Gasteiger partial charge >= 0.3 is 0 Å². The maximum atomic E-state index is 12.5. The second kappa shape index (κ2) is 5.69. The second-order valence-corrected chi connectivity index (χ2v) is 7.05. The minimum atomic E-state index is -0.124. The number of nitrogens with zero attached hydrogens (tertiary/aromatic N) is 1. The number of carbonyl (C=O) groups is 1. The molecule has 1 saturated heterocycles. The maximum absolute atomic E-state index is 12.5. The summed E-state index contributed by atoms with van der Waals surface area (Å²) in [7, 11) is 0. The molecule has 1 aromatic carbocycles. The highest BCUT2D eigenvalue weighted by Gasteiger charge is 2.34. The highest BCUT2D eigenvalue weighted by molar-refractivity contribution is 8.27. The van der Waals surface area contributed by atoms with E-state index in [1.165, 1.54) is 16.7 Å². The SMILES string of the molecule is O=C1/C(=C\c2cccs2)SC(=S)N1c1ccccc1Cl. The van der Waals surface area contributed by atoms with Crippen LogP contribution in [0.4, 0.5) is 5.69 Å². The van der Waals surface area contributed by atoms with Crippen LogP contribution in [0.1, 0.15) is 4.88 Å². The molecule has 1 amide bonds. The molecule has 0 spiro atoms. The van der Waals surface area contributed by atoms with Crippen molar-refractivity contribution in [1.82, 2.24) is 0 Å². The molecular formula is C14H8ClNOS3. The van der Waals surface area contributed by atoms with E-state index in [1.807, 2.05) is 35.7 Å². The summed E-state index contributed by atoms with van der Waals surface area (Å²) in [6.07, 6.45) is 1.86. The van der Waals surface area contributed by atoms with E-state index in [1.54, 1.807) is 23.5 Å². The van der Waals surface area contributed by atoms with E-state index < -0.39 is 0 Å². The van der Waals surface area contributed by atoms with Gasteiger partial charge in [-0.1, -0.05) is 53.8 Å². The molecule has 0 N–H and O–H groups in total. The van der Waals surface area contributed by atoms with Crippen molar-refractivity contribution in [3.8, 4) is 0 Å². The lowest BCUT2D eigenvalue weighted by Crippen LogP contribution is -2.27. The maximum Gasteiger partial charge on any atom is 0.270 e. The third-order valence-corrected chi connectivity index (χ3v) is 5.14. The fourth-order valence-electron chi connectivity index (χ4n) is 1.81. The molecule has 6 heteroatoms. The zero-order valence-corrected chi connectivity index (χ0v) is 13.3. The van der Waals surface area contributed by atoms with E-state index in [-0.39, 0.29) is 5.91 Å². The number of carbonyl (C=O) groups excluding carboxylic acids is 1. The van der Waals surface area contributed by atoms with Crippen molar-refractivity contribution in [2.75, 3.05) is 4.90 Å². The molecule has 0 atom stereocenters. The molecule has 3 rings (SSSR count). The van der Waals surface area contributed by atoms with Gasteiger partial charge in [0.2, 0.25) is 0 Å². The van der Waals surface area contributed by atoms with Gasteiger partial charge in [-0.2, -0.15) is 0 Å². The van der Waals surface area contributed by atoms with Gasteiger partial charge in [0.25, 0.3) is 5.91 Å². The largest absolute Gasteiger partial charge is 0.270 e. The molecule has 20 heavy (non-hydrogen) atoms. The number of thiophene rings is 1. The lowest BCUT2D eigenvalue weighted by atomic mass is 10.3. The third kappa shape index (κ3) is 2.54. The predicted molar refractivity (Wildman–Crippen MR) is 91.4 cm³/mol. The van der Waals surface area contributed by atoms with E-state index in [4.69, 9.17) is 23.8 Å². The summed E-state index contributed by atoms with van der Waals surface area (Å²) < 4.78 is 0.505. The summed E-state index contributed by atoms with van der Waals surface area (Å²) >= 11 is 14.3. The van der Waals surface area contributed by atoms with Crippen LogP contribution in [0.3, 0.4) is 0 Å². The Kier molecular flexibility index (Phi) is 3.94. The van der Waals surface area contributed by atoms with Crippen molar-refractivity contribution in [2.45, 2.75) is 0 Å². The fourth-order valence-corrected chi connectivity index (χ4v) is 4.04. The van der Waals surface area contributed by atoms with Crippen LogP contribution in [0, 0.1) is 0 Å². The van der Waals surface area contributed by atoms with E-state index in [0.29, 0.717) is 19.9 Å². The Labute approximate surface area is 135 Å². The van der Waals surface area contributed by atoms with E-state index in [0.717, 1.165) is 4.88 Å². The average molecular weight is 338 g/mol. The molecule has 1 aliphatic rings. The van der Waals surface area contributed by atoms with Crippen LogP contribution >= 0.6 is 46.9 Å². The minimum Gasteiger partial charge on any atom is -0.268 e. The smallest absolute Gasteiger partial charge is 0.268 e. The number of para-hydroxylation sites is 1. The number of thiocarbonyl (C=S) groups is 1. The van der Waals surface area contributed by atoms with Gasteiger partial charge < -0.3 is 0 Å². The average Bonchev–Trinajstić information content (AvgIpc) is 3.01. The van der Waals surface area contributed by atoms with Crippen molar-refractivity contribution < 1.29 is 4.79 Å². The molecule has 2 aromatic rings. The zero-order chi connectivity index (χ0) is 14.1. The number of hydrogen-bond acceptors (Lipinski definition) is 4. The molecule has 0 unspecified atom stereocenters. The van der Waals surface area contributed by atoms with Crippen molar-refractivity contribution in [3.63, 3.8) is 0 Å². The van der Waals surface area contributed by atoms with Gasteiger partial charge in [0.05, 0.1) is 15.6 Å². The van der Waals surface area contributed by atoms with E-state index in [9.17, 15) is 4.79 Å². The Balaban J connectivity index is 1.98. The predicted octanol–water partition coefficient (Wildman–Crippen LogP) is 4.81. The Morgan fingerprint density at radius 3 is 2.70 bits per heavy atom. The van der Waals surface area contributed by atoms with Crippen LogP contribution in [-0.4, -0.2) is 10.2 Å². The number of amides is 1.